The third-order valence-electron chi connectivity index (χ3n) is 3.34. The Morgan fingerprint density at radius 3 is 2.73 bits per heavy atom. The summed E-state index contributed by atoms with van der Waals surface area (Å²) in [7, 11) is 0. The minimum atomic E-state index is -0.571. The molecule has 1 amide bonds. The Labute approximate surface area is 153 Å². The first-order valence-corrected chi connectivity index (χ1v) is 7.78. The zero-order chi connectivity index (χ0) is 18.5. The molecule has 0 unspecified atom stereocenters. The van der Waals surface area contributed by atoms with Gasteiger partial charge in [-0.05, 0) is 36.4 Å². The summed E-state index contributed by atoms with van der Waals surface area (Å²) in [4.78, 5) is 20.3. The number of nitriles is 1. The molecule has 26 heavy (non-hydrogen) atoms. The van der Waals surface area contributed by atoms with Crippen LogP contribution in [0.2, 0.25) is 5.02 Å². The van der Waals surface area contributed by atoms with Crippen molar-refractivity contribution in [1.82, 2.24) is 9.97 Å². The molecule has 2 N–H and O–H groups in total. The second kappa shape index (κ2) is 7.59. The molecule has 0 spiro atoms. The number of aromatic nitrogens is 2. The molecule has 0 radical (unpaired) electrons. The van der Waals surface area contributed by atoms with Crippen molar-refractivity contribution in [3.8, 4) is 6.07 Å². The summed E-state index contributed by atoms with van der Waals surface area (Å²) in [6.07, 6.45) is 1.24. The molecule has 0 aliphatic rings. The van der Waals surface area contributed by atoms with Crippen LogP contribution in [0, 0.1) is 17.1 Å². The number of carbonyl (C=O) groups is 1. The van der Waals surface area contributed by atoms with E-state index in [9.17, 15) is 9.18 Å². The van der Waals surface area contributed by atoms with Gasteiger partial charge in [-0.25, -0.2) is 14.4 Å². The zero-order valence-corrected chi connectivity index (χ0v) is 14.0. The lowest BCUT2D eigenvalue weighted by Crippen LogP contribution is -2.14. The largest absolute Gasteiger partial charge is 0.340 e. The van der Waals surface area contributed by atoms with Crippen molar-refractivity contribution in [3.05, 3.63) is 77.0 Å². The molecule has 0 saturated carbocycles. The molecule has 0 aliphatic carbocycles. The quantitative estimate of drug-likeness (QED) is 0.723. The number of hydrogen-bond acceptors (Lipinski definition) is 5. The van der Waals surface area contributed by atoms with Crippen LogP contribution in [-0.2, 0) is 0 Å². The Morgan fingerprint density at radius 1 is 1.12 bits per heavy atom. The number of rotatable bonds is 4. The first-order valence-electron chi connectivity index (χ1n) is 7.41. The Bertz CT molecular complexity index is 1020. The predicted molar refractivity (Wildman–Crippen MR) is 95.8 cm³/mol. The summed E-state index contributed by atoms with van der Waals surface area (Å²) in [6, 6.07) is 14.2. The maximum absolute atomic E-state index is 13.2. The number of nitrogens with one attached hydrogen (secondary N) is 2. The van der Waals surface area contributed by atoms with Crippen LogP contribution in [0.3, 0.4) is 0 Å². The Morgan fingerprint density at radius 2 is 1.96 bits per heavy atom. The molecule has 6 nitrogen and oxygen atoms in total. The highest BCUT2D eigenvalue weighted by Crippen LogP contribution is 2.20. The van der Waals surface area contributed by atoms with E-state index in [1.54, 1.807) is 24.3 Å². The summed E-state index contributed by atoms with van der Waals surface area (Å²) >= 11 is 5.70. The Balaban J connectivity index is 1.76. The summed E-state index contributed by atoms with van der Waals surface area (Å²) in [5.41, 5.74) is 1.60. The van der Waals surface area contributed by atoms with Gasteiger partial charge in [-0.2, -0.15) is 5.26 Å². The molecule has 0 saturated heterocycles. The second-order valence-corrected chi connectivity index (χ2v) is 5.60. The van der Waals surface area contributed by atoms with Crippen molar-refractivity contribution in [1.29, 1.82) is 5.26 Å². The number of hydrogen-bond donors (Lipinski definition) is 2. The molecule has 1 aromatic heterocycles. The number of halogens is 2. The lowest BCUT2D eigenvalue weighted by Gasteiger charge is -2.08. The van der Waals surface area contributed by atoms with Gasteiger partial charge in [0, 0.05) is 17.4 Å². The van der Waals surface area contributed by atoms with Gasteiger partial charge in [0.2, 0.25) is 0 Å². The normalized spacial score (nSPS) is 10.0. The summed E-state index contributed by atoms with van der Waals surface area (Å²) in [5, 5.41) is 14.4. The summed E-state index contributed by atoms with van der Waals surface area (Å²) < 4.78 is 13.2. The van der Waals surface area contributed by atoms with Crippen molar-refractivity contribution >= 4 is 34.7 Å². The first-order chi connectivity index (χ1) is 12.5. The van der Waals surface area contributed by atoms with Crippen molar-refractivity contribution in [2.75, 3.05) is 10.6 Å². The van der Waals surface area contributed by atoms with Crippen LogP contribution in [0.25, 0.3) is 0 Å². The highest BCUT2D eigenvalue weighted by molar-refractivity contribution is 6.31. The van der Waals surface area contributed by atoms with Gasteiger partial charge >= 0.3 is 0 Å². The van der Waals surface area contributed by atoms with E-state index in [2.05, 4.69) is 20.6 Å². The van der Waals surface area contributed by atoms with E-state index in [4.69, 9.17) is 16.9 Å². The van der Waals surface area contributed by atoms with Crippen LogP contribution >= 0.6 is 11.6 Å². The van der Waals surface area contributed by atoms with Crippen LogP contribution in [0.15, 0.2) is 54.9 Å². The van der Waals surface area contributed by atoms with Crippen LogP contribution < -0.4 is 10.6 Å². The third kappa shape index (κ3) is 4.12. The van der Waals surface area contributed by atoms with Gasteiger partial charge in [0.15, 0.2) is 0 Å². The molecule has 8 heteroatoms. The lowest BCUT2D eigenvalue weighted by molar-refractivity contribution is 0.102. The average Bonchev–Trinajstić information content (AvgIpc) is 2.65. The molecular weight excluding hydrogens is 357 g/mol. The monoisotopic (exact) mass is 367 g/mol. The van der Waals surface area contributed by atoms with Crippen molar-refractivity contribution in [3.63, 3.8) is 0 Å². The fourth-order valence-corrected chi connectivity index (χ4v) is 2.31. The van der Waals surface area contributed by atoms with Gasteiger partial charge in [0.1, 0.15) is 23.7 Å². The average molecular weight is 368 g/mol. The van der Waals surface area contributed by atoms with E-state index in [1.165, 1.54) is 24.5 Å². The molecule has 3 rings (SSSR count). The van der Waals surface area contributed by atoms with Gasteiger partial charge in [0.25, 0.3) is 5.91 Å². The molecule has 0 fully saturated rings. The maximum Gasteiger partial charge on any atom is 0.274 e. The van der Waals surface area contributed by atoms with E-state index < -0.39 is 11.7 Å². The molecule has 0 bridgehead atoms. The smallest absolute Gasteiger partial charge is 0.274 e. The minimum absolute atomic E-state index is 0.0924. The topological polar surface area (TPSA) is 90.7 Å². The van der Waals surface area contributed by atoms with Gasteiger partial charge in [-0.1, -0.05) is 17.7 Å². The van der Waals surface area contributed by atoms with Gasteiger partial charge < -0.3 is 10.6 Å². The van der Waals surface area contributed by atoms with Crippen molar-refractivity contribution in [2.24, 2.45) is 0 Å². The third-order valence-corrected chi connectivity index (χ3v) is 3.63. The van der Waals surface area contributed by atoms with E-state index in [-0.39, 0.29) is 10.7 Å². The number of benzene rings is 2. The predicted octanol–water partition coefficient (Wildman–Crippen LogP) is 4.14. The molecule has 128 valence electrons. The summed E-state index contributed by atoms with van der Waals surface area (Å²) in [5.74, 6) is -0.681. The fourth-order valence-electron chi connectivity index (χ4n) is 2.13. The number of carbonyl (C=O) groups excluding carboxylic acids is 1. The number of amides is 1. The Hall–Kier alpha value is -3.50. The van der Waals surface area contributed by atoms with E-state index >= 15 is 0 Å². The highest BCUT2D eigenvalue weighted by atomic mass is 35.5. The highest BCUT2D eigenvalue weighted by Gasteiger charge is 2.11. The summed E-state index contributed by atoms with van der Waals surface area (Å²) in [6.45, 7) is 0. The van der Waals surface area contributed by atoms with Crippen molar-refractivity contribution in [2.45, 2.75) is 0 Å². The van der Waals surface area contributed by atoms with Gasteiger partial charge in [-0.15, -0.1) is 0 Å². The molecule has 0 aliphatic heterocycles. The van der Waals surface area contributed by atoms with E-state index in [1.807, 2.05) is 6.07 Å². The van der Waals surface area contributed by atoms with Crippen LogP contribution in [0.1, 0.15) is 16.1 Å². The van der Waals surface area contributed by atoms with E-state index in [0.717, 1.165) is 6.07 Å². The molecule has 0 atom stereocenters. The van der Waals surface area contributed by atoms with Crippen LogP contribution in [-0.4, -0.2) is 15.9 Å². The van der Waals surface area contributed by atoms with Gasteiger partial charge in [0.05, 0.1) is 16.7 Å². The molecular formula is C18H11ClFN5O. The number of anilines is 3. The minimum Gasteiger partial charge on any atom is -0.340 e. The Kier molecular flexibility index (Phi) is 5.06. The van der Waals surface area contributed by atoms with Crippen molar-refractivity contribution < 1.29 is 9.18 Å². The zero-order valence-electron chi connectivity index (χ0n) is 13.2. The SMILES string of the molecule is N#Cc1cccc(Nc2cc(C(=O)Nc3ccc(F)c(Cl)c3)ncn2)c1. The molecule has 3 aromatic rings. The van der Waals surface area contributed by atoms with Crippen LogP contribution in [0.4, 0.5) is 21.6 Å². The van der Waals surface area contributed by atoms with Crippen LogP contribution in [0.5, 0.6) is 0 Å². The maximum atomic E-state index is 13.2. The lowest BCUT2D eigenvalue weighted by atomic mass is 10.2. The second-order valence-electron chi connectivity index (χ2n) is 5.19. The fraction of sp³-hybridized carbons (Fsp3) is 0. The van der Waals surface area contributed by atoms with E-state index in [0.29, 0.717) is 22.8 Å². The van der Waals surface area contributed by atoms with Gasteiger partial charge in [-0.3, -0.25) is 4.79 Å². The molecule has 2 aromatic carbocycles. The molecule has 1 heterocycles. The number of nitrogens with zero attached hydrogens (tertiary/aromatic N) is 3. The standard InChI is InChI=1S/C18H11ClFN5O/c19-14-7-13(4-5-15(14)20)25-18(26)16-8-17(23-10-22-16)24-12-3-1-2-11(6-12)9-21/h1-8,10H,(H,25,26)(H,22,23,24). The first kappa shape index (κ1) is 17.3.